The van der Waals surface area contributed by atoms with Crippen LogP contribution in [0.4, 0.5) is 0 Å². The van der Waals surface area contributed by atoms with Gasteiger partial charge in [-0.05, 0) is 23.8 Å². The van der Waals surface area contributed by atoms with Gasteiger partial charge in [-0.25, -0.2) is 9.78 Å². The number of benzene rings is 2. The lowest BCUT2D eigenvalue weighted by molar-refractivity contribution is -0.142. The summed E-state index contributed by atoms with van der Waals surface area (Å²) in [6, 6.07) is 14.0. The minimum Gasteiger partial charge on any atom is -0.467 e. The molecule has 5 nitrogen and oxygen atoms in total. The number of hydrogen-bond acceptors (Lipinski definition) is 5. The molecule has 0 saturated heterocycles. The topological polar surface area (TPSA) is 68.3 Å². The van der Waals surface area contributed by atoms with Gasteiger partial charge in [-0.15, -0.1) is 11.3 Å². The lowest BCUT2D eigenvalue weighted by Crippen LogP contribution is -2.43. The first-order chi connectivity index (χ1) is 11.7. The molecule has 122 valence electrons. The van der Waals surface area contributed by atoms with Crippen molar-refractivity contribution in [2.45, 2.75) is 12.5 Å². The third-order valence-corrected chi connectivity index (χ3v) is 4.46. The number of carbonyl (C=O) groups excluding carboxylic acids is 2. The number of thiazole rings is 1. The zero-order valence-electron chi connectivity index (χ0n) is 13.1. The van der Waals surface area contributed by atoms with E-state index in [-0.39, 0.29) is 5.91 Å². The van der Waals surface area contributed by atoms with Crippen molar-refractivity contribution in [2.24, 2.45) is 0 Å². The highest BCUT2D eigenvalue weighted by Gasteiger charge is 2.22. The van der Waals surface area contributed by atoms with Crippen LogP contribution in [-0.2, 0) is 16.0 Å². The monoisotopic (exact) mass is 340 g/mol. The molecule has 24 heavy (non-hydrogen) atoms. The Morgan fingerprint density at radius 3 is 2.75 bits per heavy atom. The highest BCUT2D eigenvalue weighted by atomic mass is 32.1. The average molecular weight is 340 g/mol. The number of esters is 1. The molecule has 0 fully saturated rings. The molecule has 1 aromatic heterocycles. The maximum atomic E-state index is 12.5. The largest absolute Gasteiger partial charge is 0.467 e. The Morgan fingerprint density at radius 1 is 1.21 bits per heavy atom. The van der Waals surface area contributed by atoms with E-state index in [1.807, 2.05) is 30.3 Å². The SMILES string of the molecule is COC(=O)[C@H](Cc1ccccc1)NC(=O)c1ccc2ncsc2c1. The summed E-state index contributed by atoms with van der Waals surface area (Å²) in [5.41, 5.74) is 4.03. The van der Waals surface area contributed by atoms with Crippen LogP contribution in [0.3, 0.4) is 0 Å². The van der Waals surface area contributed by atoms with Gasteiger partial charge in [0.25, 0.3) is 5.91 Å². The van der Waals surface area contributed by atoms with Crippen molar-refractivity contribution in [3.8, 4) is 0 Å². The van der Waals surface area contributed by atoms with Gasteiger partial charge in [-0.1, -0.05) is 30.3 Å². The molecule has 0 aliphatic rings. The highest BCUT2D eigenvalue weighted by Crippen LogP contribution is 2.19. The molecule has 1 heterocycles. The summed E-state index contributed by atoms with van der Waals surface area (Å²) < 4.78 is 5.75. The number of nitrogens with one attached hydrogen (secondary N) is 1. The van der Waals surface area contributed by atoms with Crippen LogP contribution in [0.25, 0.3) is 10.2 Å². The third kappa shape index (κ3) is 3.60. The number of carbonyl (C=O) groups is 2. The molecule has 6 heteroatoms. The zero-order chi connectivity index (χ0) is 16.9. The molecule has 1 N–H and O–H groups in total. The van der Waals surface area contributed by atoms with E-state index in [4.69, 9.17) is 4.74 Å². The molecule has 0 radical (unpaired) electrons. The number of amides is 1. The molecule has 0 bridgehead atoms. The Morgan fingerprint density at radius 2 is 2.00 bits per heavy atom. The van der Waals surface area contributed by atoms with E-state index < -0.39 is 12.0 Å². The molecule has 0 saturated carbocycles. The van der Waals surface area contributed by atoms with Gasteiger partial charge < -0.3 is 10.1 Å². The third-order valence-electron chi connectivity index (χ3n) is 3.67. The fourth-order valence-corrected chi connectivity index (χ4v) is 3.14. The fourth-order valence-electron chi connectivity index (χ4n) is 2.42. The Labute approximate surface area is 143 Å². The first-order valence-electron chi connectivity index (χ1n) is 7.43. The van der Waals surface area contributed by atoms with E-state index in [0.29, 0.717) is 12.0 Å². The van der Waals surface area contributed by atoms with Gasteiger partial charge in [-0.2, -0.15) is 0 Å². The van der Waals surface area contributed by atoms with E-state index in [1.54, 1.807) is 23.7 Å². The first kappa shape index (κ1) is 16.1. The Balaban J connectivity index is 1.78. The smallest absolute Gasteiger partial charge is 0.328 e. The Bertz CT molecular complexity index is 861. The van der Waals surface area contributed by atoms with Crippen molar-refractivity contribution in [1.29, 1.82) is 0 Å². The van der Waals surface area contributed by atoms with Crippen LogP contribution in [0, 0.1) is 0 Å². The Kier molecular flexibility index (Phi) is 4.86. The number of methoxy groups -OCH3 is 1. The summed E-state index contributed by atoms with van der Waals surface area (Å²) in [5, 5.41) is 2.76. The predicted octanol–water partition coefficient (Wildman–Crippen LogP) is 2.81. The summed E-state index contributed by atoms with van der Waals surface area (Å²) in [4.78, 5) is 28.7. The van der Waals surface area contributed by atoms with Crippen molar-refractivity contribution >= 4 is 33.4 Å². The van der Waals surface area contributed by atoms with E-state index in [2.05, 4.69) is 10.3 Å². The second kappa shape index (κ2) is 7.23. The lowest BCUT2D eigenvalue weighted by atomic mass is 10.1. The summed E-state index contributed by atoms with van der Waals surface area (Å²) in [6.45, 7) is 0. The molecule has 0 unspecified atom stereocenters. The van der Waals surface area contributed by atoms with Gasteiger partial charge in [0.1, 0.15) is 6.04 Å². The van der Waals surface area contributed by atoms with Gasteiger partial charge in [0.05, 0.1) is 22.8 Å². The summed E-state index contributed by atoms with van der Waals surface area (Å²) in [5.74, 6) is -0.775. The highest BCUT2D eigenvalue weighted by molar-refractivity contribution is 7.16. The van der Waals surface area contributed by atoms with Crippen LogP contribution in [0.1, 0.15) is 15.9 Å². The average Bonchev–Trinajstić information content (AvgIpc) is 3.09. The number of fused-ring (bicyclic) bond motifs is 1. The van der Waals surface area contributed by atoms with Crippen molar-refractivity contribution < 1.29 is 14.3 Å². The molecule has 1 amide bonds. The van der Waals surface area contributed by atoms with E-state index in [0.717, 1.165) is 15.8 Å². The normalized spacial score (nSPS) is 11.9. The number of aromatic nitrogens is 1. The van der Waals surface area contributed by atoms with Crippen LogP contribution in [0.15, 0.2) is 54.0 Å². The molecule has 0 spiro atoms. The second-order valence-corrected chi connectivity index (χ2v) is 6.16. The van der Waals surface area contributed by atoms with E-state index >= 15 is 0 Å². The van der Waals surface area contributed by atoms with Gasteiger partial charge in [0.2, 0.25) is 0 Å². The van der Waals surface area contributed by atoms with E-state index in [9.17, 15) is 9.59 Å². The number of hydrogen-bond donors (Lipinski definition) is 1. The number of rotatable bonds is 5. The van der Waals surface area contributed by atoms with Crippen molar-refractivity contribution in [3.05, 3.63) is 65.2 Å². The summed E-state index contributed by atoms with van der Waals surface area (Å²) in [6.07, 6.45) is 0.377. The molecule has 0 aliphatic carbocycles. The molecule has 1 atom stereocenters. The van der Waals surface area contributed by atoms with Gasteiger partial charge >= 0.3 is 5.97 Å². The zero-order valence-corrected chi connectivity index (χ0v) is 13.9. The van der Waals surface area contributed by atoms with Crippen molar-refractivity contribution in [2.75, 3.05) is 7.11 Å². The minimum atomic E-state index is -0.734. The second-order valence-electron chi connectivity index (χ2n) is 5.27. The van der Waals surface area contributed by atoms with E-state index in [1.165, 1.54) is 18.4 Å². The number of ether oxygens (including phenoxy) is 1. The quantitative estimate of drug-likeness (QED) is 0.725. The summed E-state index contributed by atoms with van der Waals surface area (Å²) >= 11 is 1.47. The van der Waals surface area contributed by atoms with Crippen molar-refractivity contribution in [1.82, 2.24) is 10.3 Å². The molecule has 0 aliphatic heterocycles. The maximum absolute atomic E-state index is 12.5. The lowest BCUT2D eigenvalue weighted by Gasteiger charge is -2.16. The summed E-state index contributed by atoms with van der Waals surface area (Å²) in [7, 11) is 1.32. The molecule has 2 aromatic carbocycles. The van der Waals surface area contributed by atoms with Crippen LogP contribution in [0.5, 0.6) is 0 Å². The maximum Gasteiger partial charge on any atom is 0.328 e. The molecule has 3 aromatic rings. The Hall–Kier alpha value is -2.73. The van der Waals surface area contributed by atoms with Crippen LogP contribution >= 0.6 is 11.3 Å². The van der Waals surface area contributed by atoms with Gasteiger partial charge in [-0.3, -0.25) is 4.79 Å². The molecular weight excluding hydrogens is 324 g/mol. The first-order valence-corrected chi connectivity index (χ1v) is 8.31. The number of nitrogens with zero attached hydrogens (tertiary/aromatic N) is 1. The standard InChI is InChI=1S/C18H16N2O3S/c1-23-18(22)15(9-12-5-3-2-4-6-12)20-17(21)13-7-8-14-16(10-13)24-11-19-14/h2-8,10-11,15H,9H2,1H3,(H,20,21)/t15-/m0/s1. The van der Waals surface area contributed by atoms with Crippen LogP contribution in [0.2, 0.25) is 0 Å². The van der Waals surface area contributed by atoms with Gasteiger partial charge in [0.15, 0.2) is 0 Å². The van der Waals surface area contributed by atoms with Crippen LogP contribution < -0.4 is 5.32 Å². The molecule has 3 rings (SSSR count). The predicted molar refractivity (Wildman–Crippen MR) is 93.0 cm³/mol. The van der Waals surface area contributed by atoms with Gasteiger partial charge in [0, 0.05) is 12.0 Å². The fraction of sp³-hybridized carbons (Fsp3) is 0.167. The van der Waals surface area contributed by atoms with Crippen molar-refractivity contribution in [3.63, 3.8) is 0 Å². The minimum absolute atomic E-state index is 0.309. The van der Waals surface area contributed by atoms with Crippen LogP contribution in [-0.4, -0.2) is 30.0 Å². The molecular formula is C18H16N2O3S.